The van der Waals surface area contributed by atoms with Gasteiger partial charge in [-0.3, -0.25) is 4.79 Å². The van der Waals surface area contributed by atoms with Crippen molar-refractivity contribution in [1.82, 2.24) is 10.6 Å². The highest BCUT2D eigenvalue weighted by molar-refractivity contribution is 14.0. The summed E-state index contributed by atoms with van der Waals surface area (Å²) in [5.41, 5.74) is 0.890. The van der Waals surface area contributed by atoms with Gasteiger partial charge in [0.2, 0.25) is 5.91 Å². The lowest BCUT2D eigenvalue weighted by molar-refractivity contribution is -0.114. The Kier molecular flexibility index (Phi) is 10.8. The molecule has 158 valence electrons. The first-order valence-corrected chi connectivity index (χ1v) is 9.89. The Labute approximate surface area is 186 Å². The van der Waals surface area contributed by atoms with Crippen LogP contribution in [-0.2, 0) is 9.53 Å². The number of rotatable bonds is 6. The molecule has 1 heterocycles. The van der Waals surface area contributed by atoms with Crippen molar-refractivity contribution in [2.24, 2.45) is 16.3 Å². The molecule has 0 radical (unpaired) electrons. The second-order valence-corrected chi connectivity index (χ2v) is 8.05. The first kappa shape index (κ1) is 24.7. The molecule has 0 aliphatic carbocycles. The molecule has 1 amide bonds. The molecule has 2 unspecified atom stereocenters. The van der Waals surface area contributed by atoms with Crippen LogP contribution in [0.25, 0.3) is 0 Å². The van der Waals surface area contributed by atoms with E-state index >= 15 is 0 Å². The van der Waals surface area contributed by atoms with Crippen LogP contribution in [0.4, 0.5) is 5.69 Å². The zero-order chi connectivity index (χ0) is 19.7. The van der Waals surface area contributed by atoms with Gasteiger partial charge >= 0.3 is 0 Å². The highest BCUT2D eigenvalue weighted by Crippen LogP contribution is 2.33. The molecule has 1 saturated heterocycles. The molecule has 6 nitrogen and oxygen atoms in total. The fourth-order valence-electron chi connectivity index (χ4n) is 3.45. The van der Waals surface area contributed by atoms with Crippen LogP contribution in [0, 0.1) is 11.3 Å². The molecule has 1 aromatic rings. The molecule has 0 saturated carbocycles. The third-order valence-electron chi connectivity index (χ3n) is 4.61. The fourth-order valence-corrected chi connectivity index (χ4v) is 3.45. The van der Waals surface area contributed by atoms with Crippen LogP contribution in [0.2, 0.25) is 0 Å². The van der Waals surface area contributed by atoms with Crippen LogP contribution in [0.3, 0.4) is 0 Å². The maximum Gasteiger partial charge on any atom is 0.246 e. The monoisotopic (exact) mass is 502 g/mol. The molecule has 1 fully saturated rings. The average Bonchev–Trinajstić information content (AvgIpc) is 2.64. The summed E-state index contributed by atoms with van der Waals surface area (Å²) in [5.74, 6) is 0.965. The molecular formula is C21H35IN4O2. The number of ether oxygens (including phenoxy) is 1. The summed E-state index contributed by atoms with van der Waals surface area (Å²) in [4.78, 5) is 16.5. The summed E-state index contributed by atoms with van der Waals surface area (Å²) in [7, 11) is 0. The van der Waals surface area contributed by atoms with Crippen molar-refractivity contribution in [3.63, 3.8) is 0 Å². The lowest BCUT2D eigenvalue weighted by Crippen LogP contribution is -2.47. The molecule has 0 bridgehead atoms. The van der Waals surface area contributed by atoms with E-state index in [1.165, 1.54) is 0 Å². The van der Waals surface area contributed by atoms with E-state index < -0.39 is 0 Å². The van der Waals surface area contributed by atoms with E-state index in [0.717, 1.165) is 38.2 Å². The normalized spacial score (nSPS) is 20.1. The summed E-state index contributed by atoms with van der Waals surface area (Å²) in [6.07, 6.45) is 2.46. The molecule has 2 atom stereocenters. The predicted octanol–water partition coefficient (Wildman–Crippen LogP) is 3.64. The molecule has 1 aliphatic rings. The number of nitrogens with zero attached hydrogens (tertiary/aromatic N) is 1. The highest BCUT2D eigenvalue weighted by Gasteiger charge is 2.35. The van der Waals surface area contributed by atoms with Crippen LogP contribution in [0.5, 0.6) is 0 Å². The first-order valence-electron chi connectivity index (χ1n) is 9.89. The molecule has 2 rings (SSSR count). The molecule has 1 aromatic carbocycles. The highest BCUT2D eigenvalue weighted by atomic mass is 127. The Morgan fingerprint density at radius 3 is 2.57 bits per heavy atom. The summed E-state index contributed by atoms with van der Waals surface area (Å²) < 4.78 is 6.05. The van der Waals surface area contributed by atoms with Gasteiger partial charge in [-0.2, -0.15) is 0 Å². The summed E-state index contributed by atoms with van der Waals surface area (Å²) in [5, 5.41) is 9.45. The van der Waals surface area contributed by atoms with Gasteiger partial charge in [0.25, 0.3) is 0 Å². The van der Waals surface area contributed by atoms with E-state index in [2.05, 4.69) is 41.7 Å². The van der Waals surface area contributed by atoms with E-state index in [9.17, 15) is 4.79 Å². The maximum atomic E-state index is 12.1. The summed E-state index contributed by atoms with van der Waals surface area (Å²) in [6.45, 7) is 11.1. The molecule has 1 aliphatic heterocycles. The maximum absolute atomic E-state index is 12.1. The van der Waals surface area contributed by atoms with Gasteiger partial charge < -0.3 is 20.7 Å². The van der Waals surface area contributed by atoms with Crippen LogP contribution in [-0.4, -0.2) is 44.2 Å². The van der Waals surface area contributed by atoms with Crippen molar-refractivity contribution >= 4 is 41.5 Å². The third kappa shape index (κ3) is 8.34. The second kappa shape index (κ2) is 12.3. The van der Waals surface area contributed by atoms with E-state index in [4.69, 9.17) is 4.74 Å². The van der Waals surface area contributed by atoms with E-state index in [1.807, 2.05) is 37.3 Å². The second-order valence-electron chi connectivity index (χ2n) is 8.05. The average molecular weight is 502 g/mol. The number of para-hydroxylation sites is 1. The smallest absolute Gasteiger partial charge is 0.246 e. The van der Waals surface area contributed by atoms with Crippen molar-refractivity contribution in [1.29, 1.82) is 0 Å². The van der Waals surface area contributed by atoms with Crippen LogP contribution in [0.15, 0.2) is 35.3 Å². The molecular weight excluding hydrogens is 467 g/mol. The Bertz CT molecular complexity index is 617. The lowest BCUT2D eigenvalue weighted by Gasteiger charge is -2.40. The van der Waals surface area contributed by atoms with Crippen molar-refractivity contribution in [3.8, 4) is 0 Å². The van der Waals surface area contributed by atoms with Gasteiger partial charge in [-0.1, -0.05) is 39.0 Å². The van der Waals surface area contributed by atoms with Crippen molar-refractivity contribution in [3.05, 3.63) is 30.3 Å². The van der Waals surface area contributed by atoms with Crippen molar-refractivity contribution in [2.45, 2.75) is 46.6 Å². The SMILES string of the molecule is CCNC(=NCC(=O)Nc1ccccc1)NCC1CCCOC1C(C)(C)C.I. The number of carbonyl (C=O) groups is 1. The van der Waals surface area contributed by atoms with Gasteiger partial charge in [-0.05, 0) is 37.3 Å². The van der Waals surface area contributed by atoms with Gasteiger partial charge in [0.1, 0.15) is 6.54 Å². The lowest BCUT2D eigenvalue weighted by atomic mass is 9.78. The number of guanidine groups is 1. The zero-order valence-corrected chi connectivity index (χ0v) is 19.8. The number of nitrogens with one attached hydrogen (secondary N) is 3. The van der Waals surface area contributed by atoms with E-state index in [-0.39, 0.29) is 47.9 Å². The fraction of sp³-hybridized carbons (Fsp3) is 0.619. The zero-order valence-electron chi connectivity index (χ0n) is 17.5. The quantitative estimate of drug-likeness (QED) is 0.316. The van der Waals surface area contributed by atoms with Gasteiger partial charge in [-0.25, -0.2) is 4.99 Å². The number of benzene rings is 1. The number of aliphatic imine (C=N–C) groups is 1. The minimum atomic E-state index is -0.132. The minimum absolute atomic E-state index is 0. The van der Waals surface area contributed by atoms with Crippen LogP contribution in [0.1, 0.15) is 40.5 Å². The topological polar surface area (TPSA) is 74.8 Å². The van der Waals surface area contributed by atoms with Crippen molar-refractivity contribution in [2.75, 3.05) is 31.6 Å². The third-order valence-corrected chi connectivity index (χ3v) is 4.61. The van der Waals surface area contributed by atoms with E-state index in [1.54, 1.807) is 0 Å². The van der Waals surface area contributed by atoms with Gasteiger partial charge in [0.05, 0.1) is 6.10 Å². The Balaban J connectivity index is 0.00000392. The number of hydrogen-bond acceptors (Lipinski definition) is 3. The largest absolute Gasteiger partial charge is 0.377 e. The van der Waals surface area contributed by atoms with Gasteiger partial charge in [0.15, 0.2) is 5.96 Å². The Morgan fingerprint density at radius 1 is 1.21 bits per heavy atom. The number of carbonyl (C=O) groups excluding carboxylic acids is 1. The predicted molar refractivity (Wildman–Crippen MR) is 126 cm³/mol. The van der Waals surface area contributed by atoms with Gasteiger partial charge in [-0.15, -0.1) is 24.0 Å². The molecule has 3 N–H and O–H groups in total. The van der Waals surface area contributed by atoms with Crippen LogP contribution >= 0.6 is 24.0 Å². The van der Waals surface area contributed by atoms with Crippen molar-refractivity contribution < 1.29 is 9.53 Å². The number of amides is 1. The van der Waals surface area contributed by atoms with E-state index in [0.29, 0.717) is 11.9 Å². The minimum Gasteiger partial charge on any atom is -0.377 e. The first-order chi connectivity index (χ1) is 12.9. The molecule has 28 heavy (non-hydrogen) atoms. The standard InChI is InChI=1S/C21H34N4O2.HI/c1-5-22-20(24-15-18(26)25-17-11-7-6-8-12-17)23-14-16-10-9-13-27-19(16)21(2,3)4;/h6-8,11-12,16,19H,5,9-10,13-15H2,1-4H3,(H,25,26)(H2,22,23,24);1H. The molecule has 7 heteroatoms. The number of anilines is 1. The summed E-state index contributed by atoms with van der Waals surface area (Å²) in [6, 6.07) is 9.42. The Hall–Kier alpha value is -1.35. The van der Waals surface area contributed by atoms with Crippen LogP contribution < -0.4 is 16.0 Å². The Morgan fingerprint density at radius 2 is 1.93 bits per heavy atom. The summed E-state index contributed by atoms with van der Waals surface area (Å²) >= 11 is 0. The molecule has 0 aromatic heterocycles. The van der Waals surface area contributed by atoms with Gasteiger partial charge in [0, 0.05) is 31.3 Å². The number of hydrogen-bond donors (Lipinski definition) is 3. The molecule has 0 spiro atoms. The number of halogens is 1.